The van der Waals surface area contributed by atoms with Gasteiger partial charge in [0.05, 0.1) is 0 Å². The van der Waals surface area contributed by atoms with Crippen molar-refractivity contribution in [2.75, 3.05) is 12.3 Å². The van der Waals surface area contributed by atoms with Gasteiger partial charge in [0.25, 0.3) is 5.91 Å². The van der Waals surface area contributed by atoms with Crippen LogP contribution in [0.2, 0.25) is 0 Å². The lowest BCUT2D eigenvalue weighted by molar-refractivity contribution is -0.127. The summed E-state index contributed by atoms with van der Waals surface area (Å²) in [6.45, 7) is 4.54. The van der Waals surface area contributed by atoms with Gasteiger partial charge in [-0.2, -0.15) is 0 Å². The molecule has 2 aromatic carbocycles. The molecule has 0 fully saturated rings. The van der Waals surface area contributed by atoms with Gasteiger partial charge in [-0.25, -0.2) is 0 Å². The molecule has 2 aromatic rings. The molecule has 0 radical (unpaired) electrons. The number of fused-ring (bicyclic) bond motifs is 1. The first-order chi connectivity index (χ1) is 12.6. The van der Waals surface area contributed by atoms with E-state index < -0.39 is 6.10 Å². The SMILES string of the molecule is Cc1ccc(SCCNC(=O)[C@@H](C)Oc2cccc3c2CCCC3)cc1. The largest absolute Gasteiger partial charge is 0.481 e. The van der Waals surface area contributed by atoms with E-state index in [1.54, 1.807) is 11.8 Å². The molecule has 0 spiro atoms. The number of hydrogen-bond donors (Lipinski definition) is 1. The molecule has 0 unspecified atom stereocenters. The van der Waals surface area contributed by atoms with Crippen molar-refractivity contribution in [3.63, 3.8) is 0 Å². The normalized spacial score (nSPS) is 14.4. The first-order valence-electron chi connectivity index (χ1n) is 9.38. The molecule has 0 saturated heterocycles. The van der Waals surface area contributed by atoms with Gasteiger partial charge in [0, 0.05) is 17.2 Å². The minimum atomic E-state index is -0.479. The predicted octanol–water partition coefficient (Wildman–Crippen LogP) is 4.55. The fraction of sp³-hybridized carbons (Fsp3) is 0.409. The molecule has 0 aromatic heterocycles. The maximum absolute atomic E-state index is 12.3. The van der Waals surface area contributed by atoms with Crippen molar-refractivity contribution >= 4 is 17.7 Å². The minimum absolute atomic E-state index is 0.0529. The quantitative estimate of drug-likeness (QED) is 0.575. The van der Waals surface area contributed by atoms with Gasteiger partial charge in [-0.05, 0) is 68.9 Å². The summed E-state index contributed by atoms with van der Waals surface area (Å²) in [7, 11) is 0. The van der Waals surface area contributed by atoms with Crippen LogP contribution in [0.3, 0.4) is 0 Å². The van der Waals surface area contributed by atoms with Crippen molar-refractivity contribution in [1.82, 2.24) is 5.32 Å². The van der Waals surface area contributed by atoms with E-state index in [1.807, 2.05) is 19.1 Å². The zero-order valence-electron chi connectivity index (χ0n) is 15.6. The molecule has 0 bridgehead atoms. The van der Waals surface area contributed by atoms with Gasteiger partial charge in [0.2, 0.25) is 0 Å². The molecule has 0 heterocycles. The van der Waals surface area contributed by atoms with E-state index in [0.29, 0.717) is 6.54 Å². The minimum Gasteiger partial charge on any atom is -0.481 e. The fourth-order valence-electron chi connectivity index (χ4n) is 3.22. The Balaban J connectivity index is 1.45. The highest BCUT2D eigenvalue weighted by atomic mass is 32.2. The van der Waals surface area contributed by atoms with E-state index in [1.165, 1.54) is 34.4 Å². The van der Waals surface area contributed by atoms with Gasteiger partial charge < -0.3 is 10.1 Å². The second-order valence-corrected chi connectivity index (χ2v) is 7.98. The van der Waals surface area contributed by atoms with Gasteiger partial charge in [0.15, 0.2) is 6.10 Å². The Morgan fingerprint density at radius 1 is 1.15 bits per heavy atom. The van der Waals surface area contributed by atoms with Crippen LogP contribution in [0.5, 0.6) is 5.75 Å². The Bertz CT molecular complexity index is 742. The number of nitrogens with one attached hydrogen (secondary N) is 1. The van der Waals surface area contributed by atoms with Gasteiger partial charge in [-0.3, -0.25) is 4.79 Å². The van der Waals surface area contributed by atoms with Crippen molar-refractivity contribution < 1.29 is 9.53 Å². The van der Waals surface area contributed by atoms with Crippen LogP contribution in [-0.2, 0) is 17.6 Å². The Hall–Kier alpha value is -1.94. The molecule has 1 N–H and O–H groups in total. The van der Waals surface area contributed by atoms with Crippen LogP contribution in [0.25, 0.3) is 0 Å². The summed E-state index contributed by atoms with van der Waals surface area (Å²) < 4.78 is 5.98. The summed E-state index contributed by atoms with van der Waals surface area (Å²) in [6, 6.07) is 14.6. The third kappa shape index (κ3) is 5.04. The average Bonchev–Trinajstić information content (AvgIpc) is 2.66. The molecule has 1 aliphatic carbocycles. The average molecular weight is 370 g/mol. The number of thioether (sulfide) groups is 1. The molecule has 0 aliphatic heterocycles. The molecule has 26 heavy (non-hydrogen) atoms. The van der Waals surface area contributed by atoms with Crippen molar-refractivity contribution in [2.45, 2.75) is 50.5 Å². The van der Waals surface area contributed by atoms with Crippen molar-refractivity contribution in [1.29, 1.82) is 0 Å². The second kappa shape index (κ2) is 9.13. The summed E-state index contributed by atoms with van der Waals surface area (Å²) >= 11 is 1.75. The molecule has 3 rings (SSSR count). The first kappa shape index (κ1) is 18.8. The molecule has 0 saturated carbocycles. The number of carbonyl (C=O) groups is 1. The standard InChI is InChI=1S/C22H27NO2S/c1-16-10-12-19(13-11-16)26-15-14-23-22(24)17(2)25-21-9-5-7-18-6-3-4-8-20(18)21/h5,7,9-13,17H,3-4,6,8,14-15H2,1-2H3,(H,23,24)/t17-/m1/s1. The smallest absolute Gasteiger partial charge is 0.260 e. The third-order valence-corrected chi connectivity index (χ3v) is 5.73. The highest BCUT2D eigenvalue weighted by molar-refractivity contribution is 7.99. The van der Waals surface area contributed by atoms with Crippen LogP contribution < -0.4 is 10.1 Å². The van der Waals surface area contributed by atoms with Crippen LogP contribution in [-0.4, -0.2) is 24.3 Å². The maximum Gasteiger partial charge on any atom is 0.260 e. The lowest BCUT2D eigenvalue weighted by Crippen LogP contribution is -2.37. The summed E-state index contributed by atoms with van der Waals surface area (Å²) in [4.78, 5) is 13.6. The summed E-state index contributed by atoms with van der Waals surface area (Å²) in [5, 5.41) is 2.98. The van der Waals surface area contributed by atoms with E-state index in [2.05, 4.69) is 42.6 Å². The number of hydrogen-bond acceptors (Lipinski definition) is 3. The zero-order valence-corrected chi connectivity index (χ0v) is 16.4. The molecule has 138 valence electrons. The summed E-state index contributed by atoms with van der Waals surface area (Å²) in [6.07, 6.45) is 4.12. The highest BCUT2D eigenvalue weighted by Gasteiger charge is 2.19. The number of rotatable bonds is 7. The molecular formula is C22H27NO2S. The van der Waals surface area contributed by atoms with Gasteiger partial charge in [-0.1, -0.05) is 29.8 Å². The van der Waals surface area contributed by atoms with E-state index in [9.17, 15) is 4.79 Å². The Morgan fingerprint density at radius 3 is 2.73 bits per heavy atom. The predicted molar refractivity (Wildman–Crippen MR) is 108 cm³/mol. The second-order valence-electron chi connectivity index (χ2n) is 6.81. The lowest BCUT2D eigenvalue weighted by atomic mass is 9.91. The fourth-order valence-corrected chi connectivity index (χ4v) is 3.99. The molecule has 1 amide bonds. The lowest BCUT2D eigenvalue weighted by Gasteiger charge is -2.22. The monoisotopic (exact) mass is 369 g/mol. The molecule has 3 nitrogen and oxygen atoms in total. The number of benzene rings is 2. The van der Waals surface area contributed by atoms with Gasteiger partial charge in [0.1, 0.15) is 5.75 Å². The number of ether oxygens (including phenoxy) is 1. The zero-order chi connectivity index (χ0) is 18.4. The molecule has 4 heteroatoms. The van der Waals surface area contributed by atoms with Crippen LogP contribution in [0, 0.1) is 6.92 Å². The third-order valence-electron chi connectivity index (χ3n) is 4.72. The number of aryl methyl sites for hydroxylation is 2. The van der Waals surface area contributed by atoms with Crippen molar-refractivity contribution in [2.24, 2.45) is 0 Å². The first-order valence-corrected chi connectivity index (χ1v) is 10.4. The maximum atomic E-state index is 12.3. The van der Waals surface area contributed by atoms with Crippen molar-refractivity contribution in [3.8, 4) is 5.75 Å². The Labute approximate surface area is 160 Å². The van der Waals surface area contributed by atoms with Crippen molar-refractivity contribution in [3.05, 3.63) is 59.2 Å². The Kier molecular flexibility index (Phi) is 6.62. The number of carbonyl (C=O) groups excluding carboxylic acids is 1. The van der Waals surface area contributed by atoms with Crippen LogP contribution in [0.1, 0.15) is 36.5 Å². The van der Waals surface area contributed by atoms with E-state index in [-0.39, 0.29) is 5.91 Å². The van der Waals surface area contributed by atoms with Gasteiger partial charge in [-0.15, -0.1) is 11.8 Å². The van der Waals surface area contributed by atoms with Crippen LogP contribution >= 0.6 is 11.8 Å². The highest BCUT2D eigenvalue weighted by Crippen LogP contribution is 2.30. The van der Waals surface area contributed by atoms with E-state index in [4.69, 9.17) is 4.74 Å². The van der Waals surface area contributed by atoms with Crippen LogP contribution in [0.15, 0.2) is 47.4 Å². The Morgan fingerprint density at radius 2 is 1.92 bits per heavy atom. The molecular weight excluding hydrogens is 342 g/mol. The van der Waals surface area contributed by atoms with E-state index >= 15 is 0 Å². The number of amides is 1. The van der Waals surface area contributed by atoms with Gasteiger partial charge >= 0.3 is 0 Å². The summed E-state index contributed by atoms with van der Waals surface area (Å²) in [5.41, 5.74) is 3.92. The van der Waals surface area contributed by atoms with Crippen LogP contribution in [0.4, 0.5) is 0 Å². The van der Waals surface area contributed by atoms with E-state index in [0.717, 1.165) is 24.3 Å². The molecule has 1 atom stereocenters. The topological polar surface area (TPSA) is 38.3 Å². The molecule has 1 aliphatic rings. The summed E-state index contributed by atoms with van der Waals surface area (Å²) in [5.74, 6) is 1.67.